The average Bonchev–Trinajstić information content (AvgIpc) is 2.09. The van der Waals surface area contributed by atoms with Gasteiger partial charge in [0.25, 0.3) is 0 Å². The topological polar surface area (TPSA) is 40.5 Å². The quantitative estimate of drug-likeness (QED) is 0.742. The maximum absolute atomic E-state index is 13.0. The van der Waals surface area contributed by atoms with Crippen LogP contribution in [0, 0.1) is 5.82 Å². The Bertz CT molecular complexity index is 289. The highest BCUT2D eigenvalue weighted by Crippen LogP contribution is 2.21. The van der Waals surface area contributed by atoms with Crippen LogP contribution < -0.4 is 0 Å². The van der Waals surface area contributed by atoms with E-state index >= 15 is 0 Å². The first-order valence-corrected chi connectivity index (χ1v) is 3.76. The molecule has 0 spiro atoms. The third-order valence-corrected chi connectivity index (χ3v) is 1.91. The molecule has 0 saturated carbocycles. The number of benzene rings is 1. The summed E-state index contributed by atoms with van der Waals surface area (Å²) in [4.78, 5) is 0. The molecule has 0 aromatic heterocycles. The molecule has 0 aliphatic carbocycles. The molecule has 0 heterocycles. The van der Waals surface area contributed by atoms with Crippen LogP contribution in [0.4, 0.5) is 4.39 Å². The van der Waals surface area contributed by atoms with E-state index in [0.717, 1.165) is 0 Å². The second-order valence-electron chi connectivity index (χ2n) is 2.32. The Balaban J connectivity index is 3.25. The van der Waals surface area contributed by atoms with Crippen LogP contribution >= 0.6 is 11.6 Å². The number of halogens is 2. The van der Waals surface area contributed by atoms with Gasteiger partial charge in [0, 0.05) is 5.56 Å². The molecule has 0 unspecified atom stereocenters. The van der Waals surface area contributed by atoms with Crippen molar-refractivity contribution in [2.45, 2.75) is 13.2 Å². The van der Waals surface area contributed by atoms with Gasteiger partial charge in [-0.1, -0.05) is 17.7 Å². The van der Waals surface area contributed by atoms with E-state index in [0.29, 0.717) is 5.56 Å². The van der Waals surface area contributed by atoms with Crippen molar-refractivity contribution < 1.29 is 14.6 Å². The number of aliphatic hydroxyl groups is 2. The molecule has 1 rings (SSSR count). The summed E-state index contributed by atoms with van der Waals surface area (Å²) in [6, 6.07) is 2.83. The summed E-state index contributed by atoms with van der Waals surface area (Å²) in [5.41, 5.74) is 0.421. The Morgan fingerprint density at radius 2 is 1.92 bits per heavy atom. The SMILES string of the molecule is OCc1ccc(Cl)c(F)c1CO. The standard InChI is InChI=1S/C8H8ClFO2/c9-7-2-1-5(3-11)6(4-12)8(7)10/h1-2,11-12H,3-4H2. The number of aliphatic hydroxyl groups excluding tert-OH is 2. The summed E-state index contributed by atoms with van der Waals surface area (Å²) in [7, 11) is 0. The Kier molecular flexibility index (Phi) is 3.03. The second kappa shape index (κ2) is 3.85. The molecule has 12 heavy (non-hydrogen) atoms. The summed E-state index contributed by atoms with van der Waals surface area (Å²) in [5.74, 6) is -0.661. The summed E-state index contributed by atoms with van der Waals surface area (Å²) in [6.07, 6.45) is 0. The van der Waals surface area contributed by atoms with Crippen molar-refractivity contribution in [1.29, 1.82) is 0 Å². The van der Waals surface area contributed by atoms with Gasteiger partial charge in [0.05, 0.1) is 18.2 Å². The van der Waals surface area contributed by atoms with E-state index in [1.54, 1.807) is 0 Å². The molecule has 0 saturated heterocycles. The van der Waals surface area contributed by atoms with Gasteiger partial charge in [-0.15, -0.1) is 0 Å². The summed E-state index contributed by atoms with van der Waals surface area (Å²) in [5, 5.41) is 17.4. The Morgan fingerprint density at radius 1 is 1.25 bits per heavy atom. The molecular weight excluding hydrogens is 183 g/mol. The van der Waals surface area contributed by atoms with Gasteiger partial charge >= 0.3 is 0 Å². The fraction of sp³-hybridized carbons (Fsp3) is 0.250. The lowest BCUT2D eigenvalue weighted by Gasteiger charge is -2.06. The van der Waals surface area contributed by atoms with E-state index < -0.39 is 12.4 Å². The number of hydrogen-bond acceptors (Lipinski definition) is 2. The lowest BCUT2D eigenvalue weighted by molar-refractivity contribution is 0.255. The molecule has 0 bridgehead atoms. The van der Waals surface area contributed by atoms with E-state index in [1.807, 2.05) is 0 Å². The minimum Gasteiger partial charge on any atom is -0.392 e. The van der Waals surface area contributed by atoms with Gasteiger partial charge in [-0.3, -0.25) is 0 Å². The van der Waals surface area contributed by atoms with Gasteiger partial charge in [-0.05, 0) is 11.6 Å². The normalized spacial score (nSPS) is 10.3. The van der Waals surface area contributed by atoms with E-state index in [4.69, 9.17) is 21.8 Å². The monoisotopic (exact) mass is 190 g/mol. The van der Waals surface area contributed by atoms with Crippen molar-refractivity contribution in [3.63, 3.8) is 0 Å². The summed E-state index contributed by atoms with van der Waals surface area (Å²) < 4.78 is 13.0. The molecule has 2 nitrogen and oxygen atoms in total. The fourth-order valence-electron chi connectivity index (χ4n) is 0.952. The van der Waals surface area contributed by atoms with Crippen molar-refractivity contribution in [2.75, 3.05) is 0 Å². The van der Waals surface area contributed by atoms with Crippen LogP contribution in [-0.4, -0.2) is 10.2 Å². The third kappa shape index (κ3) is 1.58. The molecule has 1 aromatic rings. The smallest absolute Gasteiger partial charge is 0.147 e. The molecule has 0 atom stereocenters. The van der Waals surface area contributed by atoms with E-state index in [9.17, 15) is 4.39 Å². The molecule has 66 valence electrons. The minimum absolute atomic E-state index is 0.0451. The predicted molar refractivity (Wildman–Crippen MR) is 43.3 cm³/mol. The lowest BCUT2D eigenvalue weighted by Crippen LogP contribution is -1.98. The fourth-order valence-corrected chi connectivity index (χ4v) is 1.13. The minimum atomic E-state index is -0.661. The van der Waals surface area contributed by atoms with E-state index in [2.05, 4.69) is 0 Å². The number of rotatable bonds is 2. The van der Waals surface area contributed by atoms with Crippen molar-refractivity contribution in [3.05, 3.63) is 34.1 Å². The van der Waals surface area contributed by atoms with Crippen LogP contribution in [0.25, 0.3) is 0 Å². The van der Waals surface area contributed by atoms with E-state index in [-0.39, 0.29) is 17.2 Å². The summed E-state index contributed by atoms with van der Waals surface area (Å²) >= 11 is 5.45. The molecule has 0 aliphatic rings. The number of hydrogen-bond donors (Lipinski definition) is 2. The maximum Gasteiger partial charge on any atom is 0.147 e. The third-order valence-electron chi connectivity index (χ3n) is 1.62. The molecular formula is C8H8ClFO2. The maximum atomic E-state index is 13.0. The van der Waals surface area contributed by atoms with Crippen molar-refractivity contribution in [3.8, 4) is 0 Å². The molecule has 4 heteroatoms. The Hall–Kier alpha value is -0.640. The first-order valence-electron chi connectivity index (χ1n) is 3.38. The van der Waals surface area contributed by atoms with Crippen LogP contribution in [0.2, 0.25) is 5.02 Å². The average molecular weight is 191 g/mol. The zero-order chi connectivity index (χ0) is 9.14. The van der Waals surface area contributed by atoms with Gasteiger partial charge < -0.3 is 10.2 Å². The molecule has 0 fully saturated rings. The summed E-state index contributed by atoms with van der Waals surface area (Å²) in [6.45, 7) is -0.758. The highest BCUT2D eigenvalue weighted by molar-refractivity contribution is 6.30. The van der Waals surface area contributed by atoms with Gasteiger partial charge in [0.1, 0.15) is 5.82 Å². The van der Waals surface area contributed by atoms with Crippen LogP contribution in [0.15, 0.2) is 12.1 Å². The van der Waals surface area contributed by atoms with Gasteiger partial charge in [-0.25, -0.2) is 4.39 Å². The second-order valence-corrected chi connectivity index (χ2v) is 2.72. The molecule has 0 amide bonds. The van der Waals surface area contributed by atoms with Crippen molar-refractivity contribution in [1.82, 2.24) is 0 Å². The molecule has 2 N–H and O–H groups in total. The van der Waals surface area contributed by atoms with Gasteiger partial charge in [0.15, 0.2) is 0 Å². The molecule has 0 aliphatic heterocycles. The largest absolute Gasteiger partial charge is 0.392 e. The highest BCUT2D eigenvalue weighted by atomic mass is 35.5. The zero-order valence-electron chi connectivity index (χ0n) is 6.22. The van der Waals surface area contributed by atoms with Gasteiger partial charge in [0.2, 0.25) is 0 Å². The van der Waals surface area contributed by atoms with Crippen LogP contribution in [0.5, 0.6) is 0 Å². The Morgan fingerprint density at radius 3 is 2.42 bits per heavy atom. The van der Waals surface area contributed by atoms with Crippen LogP contribution in [-0.2, 0) is 13.2 Å². The Labute approximate surface area is 74.2 Å². The zero-order valence-corrected chi connectivity index (χ0v) is 6.98. The lowest BCUT2D eigenvalue weighted by atomic mass is 10.1. The van der Waals surface area contributed by atoms with Crippen LogP contribution in [0.3, 0.4) is 0 Å². The van der Waals surface area contributed by atoms with Crippen molar-refractivity contribution >= 4 is 11.6 Å². The molecule has 0 radical (unpaired) electrons. The van der Waals surface area contributed by atoms with Gasteiger partial charge in [-0.2, -0.15) is 0 Å². The van der Waals surface area contributed by atoms with E-state index in [1.165, 1.54) is 12.1 Å². The molecule has 1 aromatic carbocycles. The van der Waals surface area contributed by atoms with Crippen LogP contribution in [0.1, 0.15) is 11.1 Å². The first kappa shape index (κ1) is 9.45. The first-order chi connectivity index (χ1) is 5.70. The highest BCUT2D eigenvalue weighted by Gasteiger charge is 2.10. The van der Waals surface area contributed by atoms with Crippen molar-refractivity contribution in [2.24, 2.45) is 0 Å². The predicted octanol–water partition coefficient (Wildman–Crippen LogP) is 1.46.